The Morgan fingerprint density at radius 1 is 1.32 bits per heavy atom. The zero-order valence-electron chi connectivity index (χ0n) is 13.1. The molecule has 2 atom stereocenters. The topological polar surface area (TPSA) is 70.0 Å². The summed E-state index contributed by atoms with van der Waals surface area (Å²) in [6.07, 6.45) is 1.41. The number of nitriles is 1. The summed E-state index contributed by atoms with van der Waals surface area (Å²) in [6.45, 7) is 0. The molecule has 3 rings (SSSR count). The number of hydrogen-bond acceptors (Lipinski definition) is 3. The van der Waals surface area contributed by atoms with Gasteiger partial charge in [-0.25, -0.2) is 0 Å². The van der Waals surface area contributed by atoms with Crippen LogP contribution in [0.5, 0.6) is 0 Å². The summed E-state index contributed by atoms with van der Waals surface area (Å²) in [5, 5.41) is 12.4. The van der Waals surface area contributed by atoms with Gasteiger partial charge in [-0.2, -0.15) is 5.26 Å². The average molecular weight is 393 g/mol. The third-order valence-corrected chi connectivity index (χ3v) is 6.29. The van der Waals surface area contributed by atoms with E-state index in [0.29, 0.717) is 27.7 Å². The molecule has 0 aromatic heterocycles. The van der Waals surface area contributed by atoms with Crippen molar-refractivity contribution in [3.05, 3.63) is 63.1 Å². The maximum atomic E-state index is 12.7. The summed E-state index contributed by atoms with van der Waals surface area (Å²) in [5.74, 6) is -0.472. The van der Waals surface area contributed by atoms with Crippen molar-refractivity contribution in [1.82, 2.24) is 0 Å². The standard InChI is InChI=1S/C18H14Cl2N2O2S/c19-12-7-15-14(16(20)8-12)4-5-17(15)25(24)10-18(23)22-13-3-1-2-11(6-13)9-21/h1-3,6-8,17H,4-5,10H2,(H,22,23). The van der Waals surface area contributed by atoms with Crippen LogP contribution in [0.15, 0.2) is 36.4 Å². The Labute approximate surface area is 158 Å². The van der Waals surface area contributed by atoms with E-state index in [-0.39, 0.29) is 16.9 Å². The summed E-state index contributed by atoms with van der Waals surface area (Å²) in [6, 6.07) is 12.1. The lowest BCUT2D eigenvalue weighted by Gasteiger charge is -2.13. The number of nitrogens with one attached hydrogen (secondary N) is 1. The van der Waals surface area contributed by atoms with E-state index in [1.807, 2.05) is 6.07 Å². The van der Waals surface area contributed by atoms with E-state index in [2.05, 4.69) is 5.32 Å². The number of anilines is 1. The van der Waals surface area contributed by atoms with Crippen LogP contribution in [-0.2, 0) is 22.0 Å². The van der Waals surface area contributed by atoms with E-state index >= 15 is 0 Å². The maximum absolute atomic E-state index is 12.7. The first-order chi connectivity index (χ1) is 12.0. The fraction of sp³-hybridized carbons (Fsp3) is 0.222. The van der Waals surface area contributed by atoms with Crippen LogP contribution in [0.3, 0.4) is 0 Å². The smallest absolute Gasteiger partial charge is 0.237 e. The van der Waals surface area contributed by atoms with Gasteiger partial charge < -0.3 is 5.32 Å². The van der Waals surface area contributed by atoms with Crippen LogP contribution in [0, 0.1) is 11.3 Å². The molecule has 0 saturated carbocycles. The van der Waals surface area contributed by atoms with Crippen molar-refractivity contribution in [1.29, 1.82) is 5.26 Å². The molecule has 0 saturated heterocycles. The molecule has 0 fully saturated rings. The molecule has 2 aromatic rings. The highest BCUT2D eigenvalue weighted by atomic mass is 35.5. The highest BCUT2D eigenvalue weighted by molar-refractivity contribution is 7.86. The van der Waals surface area contributed by atoms with Gasteiger partial charge in [-0.3, -0.25) is 9.00 Å². The van der Waals surface area contributed by atoms with Gasteiger partial charge in [0.15, 0.2) is 0 Å². The number of fused-ring (bicyclic) bond motifs is 1. The zero-order valence-corrected chi connectivity index (χ0v) is 15.4. The largest absolute Gasteiger partial charge is 0.325 e. The molecule has 0 bridgehead atoms. The normalized spacial score (nSPS) is 16.8. The fourth-order valence-corrected chi connectivity index (χ4v) is 4.98. The second-order valence-corrected chi connectivity index (χ2v) is 8.21. The van der Waals surface area contributed by atoms with Crippen LogP contribution in [0.2, 0.25) is 10.0 Å². The quantitative estimate of drug-likeness (QED) is 0.845. The Kier molecular flexibility index (Phi) is 5.43. The van der Waals surface area contributed by atoms with Crippen LogP contribution in [0.25, 0.3) is 0 Å². The minimum Gasteiger partial charge on any atom is -0.325 e. The summed E-state index contributed by atoms with van der Waals surface area (Å²) in [5.41, 5.74) is 2.80. The van der Waals surface area contributed by atoms with Crippen molar-refractivity contribution < 1.29 is 9.00 Å². The Bertz CT molecular complexity index is 908. The highest BCUT2D eigenvalue weighted by Gasteiger charge is 2.30. The third kappa shape index (κ3) is 4.04. The first kappa shape index (κ1) is 17.9. The van der Waals surface area contributed by atoms with E-state index in [0.717, 1.165) is 17.5 Å². The van der Waals surface area contributed by atoms with Gasteiger partial charge in [0.2, 0.25) is 5.91 Å². The van der Waals surface area contributed by atoms with Gasteiger partial charge in [-0.15, -0.1) is 0 Å². The molecule has 7 heteroatoms. The summed E-state index contributed by atoms with van der Waals surface area (Å²) >= 11 is 12.2. The minimum atomic E-state index is -1.38. The van der Waals surface area contributed by atoms with E-state index in [9.17, 15) is 9.00 Å². The summed E-state index contributed by atoms with van der Waals surface area (Å²) in [4.78, 5) is 12.2. The summed E-state index contributed by atoms with van der Waals surface area (Å²) < 4.78 is 12.7. The van der Waals surface area contributed by atoms with Crippen molar-refractivity contribution in [2.24, 2.45) is 0 Å². The molecule has 1 amide bonds. The first-order valence-corrected chi connectivity index (χ1v) is 9.76. The Hall–Kier alpha value is -1.87. The lowest BCUT2D eigenvalue weighted by Crippen LogP contribution is -2.22. The Balaban J connectivity index is 1.70. The molecule has 2 unspecified atom stereocenters. The monoisotopic (exact) mass is 392 g/mol. The molecule has 2 aromatic carbocycles. The fourth-order valence-electron chi connectivity index (χ4n) is 2.97. The van der Waals surface area contributed by atoms with Gasteiger partial charge in [0.05, 0.1) is 16.9 Å². The van der Waals surface area contributed by atoms with Crippen LogP contribution in [0.1, 0.15) is 28.4 Å². The van der Waals surface area contributed by atoms with Crippen LogP contribution < -0.4 is 5.32 Å². The SMILES string of the molecule is N#Cc1cccc(NC(=O)CS(=O)C2CCc3c(Cl)cc(Cl)cc32)c1. The lowest BCUT2D eigenvalue weighted by molar-refractivity contribution is -0.113. The summed E-state index contributed by atoms with van der Waals surface area (Å²) in [7, 11) is -1.38. The van der Waals surface area contributed by atoms with E-state index in [4.69, 9.17) is 28.5 Å². The van der Waals surface area contributed by atoms with E-state index < -0.39 is 10.8 Å². The third-order valence-electron chi connectivity index (χ3n) is 4.06. The lowest BCUT2D eigenvalue weighted by atomic mass is 10.1. The molecule has 0 radical (unpaired) electrons. The number of rotatable bonds is 4. The van der Waals surface area contributed by atoms with Crippen molar-refractivity contribution in [3.63, 3.8) is 0 Å². The molecule has 1 aliphatic rings. The second-order valence-electron chi connectivity index (χ2n) is 5.75. The Morgan fingerprint density at radius 2 is 2.12 bits per heavy atom. The molecule has 128 valence electrons. The molecule has 4 nitrogen and oxygen atoms in total. The molecule has 1 N–H and O–H groups in total. The number of amides is 1. The predicted molar refractivity (Wildman–Crippen MR) is 100 cm³/mol. The van der Waals surface area contributed by atoms with E-state index in [1.54, 1.807) is 36.4 Å². The van der Waals surface area contributed by atoms with Gasteiger partial charge in [0.25, 0.3) is 0 Å². The molecule has 0 heterocycles. The molecule has 0 spiro atoms. The molecule has 0 aliphatic heterocycles. The van der Waals surface area contributed by atoms with Crippen molar-refractivity contribution in [2.45, 2.75) is 18.1 Å². The van der Waals surface area contributed by atoms with Crippen molar-refractivity contribution in [2.75, 3.05) is 11.1 Å². The first-order valence-electron chi connectivity index (χ1n) is 7.63. The predicted octanol–water partition coefficient (Wildman–Crippen LogP) is 4.24. The number of nitrogens with zero attached hydrogens (tertiary/aromatic N) is 1. The average Bonchev–Trinajstić information content (AvgIpc) is 2.99. The highest BCUT2D eigenvalue weighted by Crippen LogP contribution is 2.41. The van der Waals surface area contributed by atoms with Crippen LogP contribution in [-0.4, -0.2) is 15.9 Å². The van der Waals surface area contributed by atoms with Gasteiger partial charge >= 0.3 is 0 Å². The number of hydrogen-bond donors (Lipinski definition) is 1. The molecular weight excluding hydrogens is 379 g/mol. The Morgan fingerprint density at radius 3 is 2.88 bits per heavy atom. The zero-order chi connectivity index (χ0) is 18.0. The molecular formula is C18H14Cl2N2O2S. The second kappa shape index (κ2) is 7.57. The number of halogens is 2. The maximum Gasteiger partial charge on any atom is 0.237 e. The minimum absolute atomic E-state index is 0.120. The van der Waals surface area contributed by atoms with Gasteiger partial charge in [0.1, 0.15) is 5.75 Å². The molecule has 25 heavy (non-hydrogen) atoms. The van der Waals surface area contributed by atoms with Crippen LogP contribution in [0.4, 0.5) is 5.69 Å². The number of benzene rings is 2. The van der Waals surface area contributed by atoms with Gasteiger partial charge in [-0.05, 0) is 54.3 Å². The van der Waals surface area contributed by atoms with Crippen molar-refractivity contribution >= 4 is 45.6 Å². The van der Waals surface area contributed by atoms with Gasteiger partial charge in [-0.1, -0.05) is 29.3 Å². The van der Waals surface area contributed by atoms with Gasteiger partial charge in [0, 0.05) is 26.5 Å². The number of carbonyl (C=O) groups is 1. The van der Waals surface area contributed by atoms with E-state index in [1.165, 1.54) is 0 Å². The molecule has 1 aliphatic carbocycles. The van der Waals surface area contributed by atoms with Crippen LogP contribution >= 0.6 is 23.2 Å². The number of carbonyl (C=O) groups excluding carboxylic acids is 1. The van der Waals surface area contributed by atoms with Crippen molar-refractivity contribution in [3.8, 4) is 6.07 Å².